The fourth-order valence-corrected chi connectivity index (χ4v) is 14.2. The largest absolute Gasteiger partial charge is 0.497 e. The molecule has 1 atom stereocenters. The second kappa shape index (κ2) is 20.4. The molecule has 0 bridgehead atoms. The van der Waals surface area contributed by atoms with Gasteiger partial charge >= 0.3 is 0 Å². The first kappa shape index (κ1) is 47.7. The number of benzene rings is 6. The van der Waals surface area contributed by atoms with Gasteiger partial charge < -0.3 is 34.0 Å². The molecule has 1 unspecified atom stereocenters. The Bertz CT molecular complexity index is 2940. The number of amides is 1. The molecule has 1 amide bonds. The highest BCUT2D eigenvalue weighted by atomic mass is 28.3. The number of anilines is 2. The number of rotatable bonds is 12. The minimum atomic E-state index is -2.23. The summed E-state index contributed by atoms with van der Waals surface area (Å²) in [5, 5.41) is 14.6. The number of allylic oxidation sites excluding steroid dienone is 5. The van der Waals surface area contributed by atoms with E-state index in [0.29, 0.717) is 37.7 Å². The molecule has 0 radical (unpaired) electrons. The molecule has 1 N–H and O–H groups in total. The van der Waals surface area contributed by atoms with Crippen LogP contribution in [0.1, 0.15) is 47.1 Å². The van der Waals surface area contributed by atoms with Crippen molar-refractivity contribution in [2.75, 3.05) is 76.9 Å². The van der Waals surface area contributed by atoms with Crippen LogP contribution in [0.3, 0.4) is 0 Å². The molecule has 9 nitrogen and oxygen atoms in total. The van der Waals surface area contributed by atoms with Crippen LogP contribution in [0.25, 0.3) is 5.57 Å². The molecule has 3 aliphatic heterocycles. The molecule has 1 aliphatic carbocycles. The lowest BCUT2D eigenvalue weighted by Gasteiger charge is -2.40. The van der Waals surface area contributed by atoms with Crippen LogP contribution in [-0.2, 0) is 15.1 Å². The molecule has 0 saturated carbocycles. The maximum atomic E-state index is 14.2. The number of aliphatic hydroxyl groups is 1. The van der Waals surface area contributed by atoms with E-state index >= 15 is 0 Å². The standard InChI is InChI=1S/C61H65N4O5Si/c1-62(48-17-11-7-12-18-48)49-25-19-44(20-26-49)59-54-33-27-50(63-35-13-8-14-36-63)41-57(54)71(4,5)58-42-51(28-34-55(58)59)64-37-39-65(40-38-64)60(67)56(66)43-70-61(45-15-9-6-10-16-45,46-21-29-52(68-2)30-22-46)47-23-31-53(69-3)32-24-47/h6-7,9-12,15-34,41-42,56,66H,8,13-14,35-40,43H2,1-5H3/q+1. The molecule has 6 aromatic rings. The van der Waals surface area contributed by atoms with E-state index in [0.717, 1.165) is 41.2 Å². The fraction of sp³-hybridized carbons (Fsp3) is 0.279. The van der Waals surface area contributed by atoms with E-state index in [-0.39, 0.29) is 12.5 Å². The van der Waals surface area contributed by atoms with Crippen LogP contribution < -0.4 is 29.6 Å². The summed E-state index contributed by atoms with van der Waals surface area (Å²) in [5.41, 5.74) is 11.3. The molecule has 4 aliphatic rings. The van der Waals surface area contributed by atoms with Crippen molar-refractivity contribution in [3.05, 3.63) is 203 Å². The van der Waals surface area contributed by atoms with Gasteiger partial charge in [0.05, 0.1) is 20.8 Å². The van der Waals surface area contributed by atoms with Gasteiger partial charge in [0, 0.05) is 74.9 Å². The quantitative estimate of drug-likeness (QED) is 0.0746. The smallest absolute Gasteiger partial charge is 0.253 e. The van der Waals surface area contributed by atoms with E-state index in [9.17, 15) is 9.90 Å². The number of nitrogens with zero attached hydrogens (tertiary/aromatic N) is 4. The Morgan fingerprint density at radius 3 is 1.63 bits per heavy atom. The summed E-state index contributed by atoms with van der Waals surface area (Å²) in [7, 11) is 3.17. The first-order valence-electron chi connectivity index (χ1n) is 25.1. The molecule has 71 heavy (non-hydrogen) atoms. The Morgan fingerprint density at radius 2 is 1.11 bits per heavy atom. The lowest BCUT2D eigenvalue weighted by Crippen LogP contribution is -2.58. The number of fused-ring (bicyclic) bond motifs is 2. The molecule has 2 saturated heterocycles. The first-order valence-corrected chi connectivity index (χ1v) is 28.1. The molecule has 3 heterocycles. The van der Waals surface area contributed by atoms with Crippen molar-refractivity contribution in [2.24, 2.45) is 0 Å². The Balaban J connectivity index is 0.909. The maximum absolute atomic E-state index is 14.2. The molecule has 6 aromatic carbocycles. The Hall–Kier alpha value is -6.98. The van der Waals surface area contributed by atoms with Gasteiger partial charge in [-0.25, -0.2) is 0 Å². The minimum absolute atomic E-state index is 0.219. The molecule has 10 heteroatoms. The summed E-state index contributed by atoms with van der Waals surface area (Å²) >= 11 is 0. The van der Waals surface area contributed by atoms with Gasteiger partial charge in [-0.1, -0.05) is 98.0 Å². The third-order valence-corrected chi connectivity index (χ3v) is 18.7. The van der Waals surface area contributed by atoms with Crippen molar-refractivity contribution in [3.63, 3.8) is 0 Å². The number of ether oxygens (including phenoxy) is 3. The van der Waals surface area contributed by atoms with E-state index in [4.69, 9.17) is 14.2 Å². The number of para-hydroxylation sites is 1. The number of carbonyl (C=O) groups is 1. The topological polar surface area (TPSA) is 77.7 Å². The number of piperazine rings is 1. The zero-order chi connectivity index (χ0) is 49.1. The van der Waals surface area contributed by atoms with Crippen molar-refractivity contribution in [1.82, 2.24) is 4.90 Å². The van der Waals surface area contributed by atoms with Crippen molar-refractivity contribution in [2.45, 2.75) is 44.1 Å². The van der Waals surface area contributed by atoms with Crippen LogP contribution in [0, 0.1) is 0 Å². The van der Waals surface area contributed by atoms with E-state index in [1.165, 1.54) is 63.3 Å². The second-order valence-electron chi connectivity index (χ2n) is 19.6. The van der Waals surface area contributed by atoms with E-state index < -0.39 is 19.8 Å². The Kier molecular flexibility index (Phi) is 13.7. The average molecular weight is 962 g/mol. The third-order valence-electron chi connectivity index (χ3n) is 15.2. The molecule has 362 valence electrons. The van der Waals surface area contributed by atoms with Gasteiger partial charge in [0.15, 0.2) is 6.10 Å². The van der Waals surface area contributed by atoms with Gasteiger partial charge in [-0.05, 0) is 129 Å². The van der Waals surface area contributed by atoms with Crippen LogP contribution in [0.4, 0.5) is 17.1 Å². The highest BCUT2D eigenvalue weighted by molar-refractivity contribution is 7.02. The third kappa shape index (κ3) is 9.28. The second-order valence-corrected chi connectivity index (χ2v) is 23.9. The van der Waals surface area contributed by atoms with Crippen molar-refractivity contribution < 1.29 is 28.7 Å². The summed E-state index contributed by atoms with van der Waals surface area (Å²) in [6.07, 6.45) is 11.5. The molecule has 0 aromatic heterocycles. The van der Waals surface area contributed by atoms with Crippen molar-refractivity contribution in [1.29, 1.82) is 0 Å². The monoisotopic (exact) mass is 961 g/mol. The molecule has 10 rings (SSSR count). The number of hydrogen-bond acceptors (Lipinski definition) is 7. The van der Waals surface area contributed by atoms with E-state index in [1.54, 1.807) is 19.1 Å². The number of carbonyl (C=O) groups excluding carboxylic acids is 1. The van der Waals surface area contributed by atoms with E-state index in [2.05, 4.69) is 126 Å². The predicted molar refractivity (Wildman–Crippen MR) is 290 cm³/mol. The Labute approximate surface area is 420 Å². The van der Waals surface area contributed by atoms with Gasteiger partial charge in [0.1, 0.15) is 32.2 Å². The van der Waals surface area contributed by atoms with Crippen LogP contribution in [0.2, 0.25) is 13.1 Å². The van der Waals surface area contributed by atoms with Gasteiger partial charge in [0.2, 0.25) is 11.4 Å². The number of aliphatic hydroxyl groups excluding tert-OH is 1. The SMILES string of the molecule is COc1ccc(C(OCC(O)C(=O)N2CCN(c3ccc4c(c3)[Si](C)(C)c3cc(N5CCCCC5)ccc3C4=C3C=CC(=[N+](C)c4ccccc4)C=C3)CC2)(c2ccccc2)c2ccc(OC)cc2)cc1. The van der Waals surface area contributed by atoms with Gasteiger partial charge in [-0.15, -0.1) is 0 Å². The molecular weight excluding hydrogens is 897 g/mol. The van der Waals surface area contributed by atoms with Crippen LogP contribution in [-0.4, -0.2) is 108 Å². The van der Waals surface area contributed by atoms with Gasteiger partial charge in [-0.3, -0.25) is 4.79 Å². The summed E-state index contributed by atoms with van der Waals surface area (Å²) in [4.78, 5) is 21.0. The molecule has 0 spiro atoms. The summed E-state index contributed by atoms with van der Waals surface area (Å²) < 4.78 is 20.2. The molecular formula is C61H65N4O5Si+. The molecule has 2 fully saturated rings. The van der Waals surface area contributed by atoms with Crippen LogP contribution in [0.5, 0.6) is 11.5 Å². The Morgan fingerprint density at radius 1 is 0.620 bits per heavy atom. The van der Waals surface area contributed by atoms with Gasteiger partial charge in [0.25, 0.3) is 5.91 Å². The van der Waals surface area contributed by atoms with Gasteiger partial charge in [-0.2, -0.15) is 4.58 Å². The highest BCUT2D eigenvalue weighted by Gasteiger charge is 2.41. The number of hydrogen-bond donors (Lipinski definition) is 1. The van der Waals surface area contributed by atoms with Crippen LogP contribution >= 0.6 is 0 Å². The normalized spacial score (nSPS) is 16.9. The average Bonchev–Trinajstić information content (AvgIpc) is 3.44. The van der Waals surface area contributed by atoms with Crippen molar-refractivity contribution in [3.8, 4) is 11.5 Å². The lowest BCUT2D eigenvalue weighted by molar-refractivity contribution is -0.403. The zero-order valence-electron chi connectivity index (χ0n) is 41.7. The maximum Gasteiger partial charge on any atom is 0.253 e. The minimum Gasteiger partial charge on any atom is -0.497 e. The summed E-state index contributed by atoms with van der Waals surface area (Å²) in [6, 6.07) is 50.3. The summed E-state index contributed by atoms with van der Waals surface area (Å²) in [5.74, 6) is 1.09. The lowest BCUT2D eigenvalue weighted by atomic mass is 9.80. The van der Waals surface area contributed by atoms with E-state index in [1.807, 2.05) is 78.9 Å². The van der Waals surface area contributed by atoms with Crippen LogP contribution in [0.15, 0.2) is 175 Å². The highest BCUT2D eigenvalue weighted by Crippen LogP contribution is 2.42. The predicted octanol–water partition coefficient (Wildman–Crippen LogP) is 9.19. The van der Waals surface area contributed by atoms with Crippen molar-refractivity contribution >= 4 is 52.7 Å². The summed E-state index contributed by atoms with van der Waals surface area (Å²) in [6.45, 7) is 9.28. The number of piperidine rings is 1. The number of methoxy groups -OCH3 is 2. The first-order chi connectivity index (χ1) is 34.6. The zero-order valence-corrected chi connectivity index (χ0v) is 42.7. The fourth-order valence-electron chi connectivity index (χ4n) is 11.1.